The van der Waals surface area contributed by atoms with Crippen LogP contribution in [-0.4, -0.2) is 45.1 Å². The number of rotatable bonds is 4. The first-order valence-electron chi connectivity index (χ1n) is 9.22. The van der Waals surface area contributed by atoms with Gasteiger partial charge in [-0.3, -0.25) is 4.79 Å². The summed E-state index contributed by atoms with van der Waals surface area (Å²) >= 11 is 12.6. The highest BCUT2D eigenvalue weighted by molar-refractivity contribution is 7.90. The van der Waals surface area contributed by atoms with E-state index in [0.717, 1.165) is 11.1 Å². The van der Waals surface area contributed by atoms with Crippen LogP contribution in [0.4, 0.5) is 0 Å². The van der Waals surface area contributed by atoms with Gasteiger partial charge in [0.1, 0.15) is 0 Å². The maximum Gasteiger partial charge on any atom is 0.339 e. The molecule has 1 aliphatic rings. The first kappa shape index (κ1) is 22.6. The highest BCUT2D eigenvalue weighted by atomic mass is 35.5. The molecule has 0 aliphatic carbocycles. The molecule has 0 saturated carbocycles. The fourth-order valence-electron chi connectivity index (χ4n) is 3.80. The molecule has 0 saturated heterocycles. The van der Waals surface area contributed by atoms with Crippen molar-refractivity contribution in [3.63, 3.8) is 0 Å². The molecule has 9 heteroatoms. The second kappa shape index (κ2) is 8.57. The molecule has 30 heavy (non-hydrogen) atoms. The van der Waals surface area contributed by atoms with E-state index in [-0.39, 0.29) is 34.0 Å². The molecule has 2 aromatic rings. The average Bonchev–Trinajstić information content (AvgIpc) is 2.69. The SMILES string of the molecule is COC(=O)c1ccc(Cl)c(CC(=O)N2CCc3c(cccc3S(C)(=O)=O)[C@@H]2C)c1Cl. The zero-order valence-corrected chi connectivity index (χ0v) is 19.1. The highest BCUT2D eigenvalue weighted by Gasteiger charge is 2.31. The number of ether oxygens (including phenoxy) is 1. The summed E-state index contributed by atoms with van der Waals surface area (Å²) in [5.41, 5.74) is 2.05. The van der Waals surface area contributed by atoms with Crippen LogP contribution in [0.2, 0.25) is 10.0 Å². The third-order valence-corrected chi connectivity index (χ3v) is 7.30. The minimum atomic E-state index is -3.36. The van der Waals surface area contributed by atoms with E-state index in [9.17, 15) is 18.0 Å². The summed E-state index contributed by atoms with van der Waals surface area (Å²) in [6, 6.07) is 7.77. The van der Waals surface area contributed by atoms with Gasteiger partial charge in [0, 0.05) is 17.8 Å². The number of benzene rings is 2. The summed E-state index contributed by atoms with van der Waals surface area (Å²) in [6.07, 6.45) is 1.52. The number of halogens is 2. The van der Waals surface area contributed by atoms with Crippen LogP contribution < -0.4 is 0 Å². The van der Waals surface area contributed by atoms with Crippen molar-refractivity contribution in [1.29, 1.82) is 0 Å². The summed E-state index contributed by atoms with van der Waals surface area (Å²) in [5.74, 6) is -0.831. The summed E-state index contributed by atoms with van der Waals surface area (Å²) in [6.45, 7) is 2.22. The number of nitrogens with zero attached hydrogens (tertiary/aromatic N) is 1. The Hall–Kier alpha value is -2.09. The molecule has 2 aromatic carbocycles. The van der Waals surface area contributed by atoms with E-state index in [0.29, 0.717) is 23.4 Å². The number of carbonyl (C=O) groups is 2. The molecule has 160 valence electrons. The molecule has 0 fully saturated rings. The maximum absolute atomic E-state index is 13.1. The maximum atomic E-state index is 13.1. The van der Waals surface area contributed by atoms with E-state index >= 15 is 0 Å². The van der Waals surface area contributed by atoms with Gasteiger partial charge in [0.15, 0.2) is 9.84 Å². The van der Waals surface area contributed by atoms with Crippen molar-refractivity contribution in [2.45, 2.75) is 30.7 Å². The Morgan fingerprint density at radius 2 is 1.90 bits per heavy atom. The number of fused-ring (bicyclic) bond motifs is 1. The minimum Gasteiger partial charge on any atom is -0.465 e. The van der Waals surface area contributed by atoms with E-state index in [2.05, 4.69) is 0 Å². The molecule has 1 amide bonds. The van der Waals surface area contributed by atoms with Gasteiger partial charge in [-0.2, -0.15) is 0 Å². The monoisotopic (exact) mass is 469 g/mol. The van der Waals surface area contributed by atoms with Crippen molar-refractivity contribution in [2.24, 2.45) is 0 Å². The van der Waals surface area contributed by atoms with Gasteiger partial charge in [-0.1, -0.05) is 35.3 Å². The van der Waals surface area contributed by atoms with E-state index in [4.69, 9.17) is 27.9 Å². The zero-order chi connectivity index (χ0) is 22.2. The molecule has 0 spiro atoms. The fraction of sp³-hybridized carbons (Fsp3) is 0.333. The standard InChI is InChI=1S/C21H21Cl2NO5S/c1-12-13-5-4-6-18(30(3,27)28)14(13)9-10-24(12)19(25)11-16-17(22)8-7-15(20(16)23)21(26)29-2/h4-8,12H,9-11H2,1-3H3/t12-/m0/s1. The number of amides is 1. The van der Waals surface area contributed by atoms with Gasteiger partial charge in [-0.05, 0) is 48.2 Å². The molecular weight excluding hydrogens is 449 g/mol. The summed E-state index contributed by atoms with van der Waals surface area (Å²) in [5, 5.41) is 0.373. The Bertz CT molecular complexity index is 1130. The van der Waals surface area contributed by atoms with Crippen LogP contribution >= 0.6 is 23.2 Å². The summed E-state index contributed by atoms with van der Waals surface area (Å²) in [4.78, 5) is 27.0. The van der Waals surface area contributed by atoms with Gasteiger partial charge in [-0.25, -0.2) is 13.2 Å². The third kappa shape index (κ3) is 4.19. The Labute approximate surface area is 185 Å². The van der Waals surface area contributed by atoms with E-state index in [1.807, 2.05) is 13.0 Å². The molecule has 0 N–H and O–H groups in total. The summed E-state index contributed by atoms with van der Waals surface area (Å²) in [7, 11) is -2.12. The molecule has 6 nitrogen and oxygen atoms in total. The number of methoxy groups -OCH3 is 1. The number of carbonyl (C=O) groups excluding carboxylic acids is 2. The quantitative estimate of drug-likeness (QED) is 0.634. The molecule has 0 unspecified atom stereocenters. The van der Waals surface area contributed by atoms with Gasteiger partial charge in [-0.15, -0.1) is 0 Å². The van der Waals surface area contributed by atoms with Crippen molar-refractivity contribution in [3.8, 4) is 0 Å². The number of hydrogen-bond acceptors (Lipinski definition) is 5. The van der Waals surface area contributed by atoms with Crippen molar-refractivity contribution < 1.29 is 22.7 Å². The lowest BCUT2D eigenvalue weighted by molar-refractivity contribution is -0.133. The molecule has 1 aliphatic heterocycles. The van der Waals surface area contributed by atoms with Crippen LogP contribution in [-0.2, 0) is 32.2 Å². The highest BCUT2D eigenvalue weighted by Crippen LogP contribution is 2.35. The Morgan fingerprint density at radius 1 is 1.20 bits per heavy atom. The lowest BCUT2D eigenvalue weighted by Gasteiger charge is -2.36. The van der Waals surface area contributed by atoms with Gasteiger partial charge in [0.2, 0.25) is 5.91 Å². The lowest BCUT2D eigenvalue weighted by Crippen LogP contribution is -2.40. The van der Waals surface area contributed by atoms with Crippen LogP contribution in [0, 0.1) is 0 Å². The number of hydrogen-bond donors (Lipinski definition) is 0. The van der Waals surface area contributed by atoms with Gasteiger partial charge < -0.3 is 9.64 Å². The normalized spacial score (nSPS) is 16.2. The van der Waals surface area contributed by atoms with E-state index in [1.165, 1.54) is 25.5 Å². The molecule has 1 atom stereocenters. The van der Waals surface area contributed by atoms with Crippen molar-refractivity contribution in [1.82, 2.24) is 4.90 Å². The van der Waals surface area contributed by atoms with Crippen LogP contribution in [0.3, 0.4) is 0 Å². The van der Waals surface area contributed by atoms with E-state index in [1.54, 1.807) is 17.0 Å². The van der Waals surface area contributed by atoms with Crippen molar-refractivity contribution in [2.75, 3.05) is 19.9 Å². The van der Waals surface area contributed by atoms with Crippen LogP contribution in [0.1, 0.15) is 40.0 Å². The fourth-order valence-corrected chi connectivity index (χ4v) is 5.38. The average molecular weight is 470 g/mol. The first-order chi connectivity index (χ1) is 14.1. The van der Waals surface area contributed by atoms with Gasteiger partial charge in [0.25, 0.3) is 0 Å². The predicted molar refractivity (Wildman–Crippen MR) is 115 cm³/mol. The van der Waals surface area contributed by atoms with Crippen LogP contribution in [0.5, 0.6) is 0 Å². The van der Waals surface area contributed by atoms with Gasteiger partial charge >= 0.3 is 5.97 Å². The Balaban J connectivity index is 1.91. The molecule has 0 radical (unpaired) electrons. The first-order valence-corrected chi connectivity index (χ1v) is 11.9. The van der Waals surface area contributed by atoms with Crippen LogP contribution in [0.15, 0.2) is 35.2 Å². The topological polar surface area (TPSA) is 80.8 Å². The second-order valence-electron chi connectivity index (χ2n) is 7.17. The smallest absolute Gasteiger partial charge is 0.339 e. The van der Waals surface area contributed by atoms with Crippen molar-refractivity contribution in [3.05, 3.63) is 62.6 Å². The summed E-state index contributed by atoms with van der Waals surface area (Å²) < 4.78 is 28.9. The lowest BCUT2D eigenvalue weighted by atomic mass is 9.93. The Kier molecular flexibility index (Phi) is 6.45. The molecule has 0 aromatic heterocycles. The number of esters is 1. The zero-order valence-electron chi connectivity index (χ0n) is 16.7. The van der Waals surface area contributed by atoms with Crippen molar-refractivity contribution >= 4 is 44.9 Å². The molecule has 1 heterocycles. The predicted octanol–water partition coefficient (Wildman–Crippen LogP) is 3.87. The van der Waals surface area contributed by atoms with Crippen LogP contribution in [0.25, 0.3) is 0 Å². The second-order valence-corrected chi connectivity index (χ2v) is 9.93. The van der Waals surface area contributed by atoms with Gasteiger partial charge in [0.05, 0.1) is 35.1 Å². The largest absolute Gasteiger partial charge is 0.465 e. The molecule has 0 bridgehead atoms. The van der Waals surface area contributed by atoms with E-state index < -0.39 is 15.8 Å². The number of sulfone groups is 1. The minimum absolute atomic E-state index is 0.0893. The molecular formula is C21H21Cl2NO5S. The molecule has 3 rings (SSSR count). The third-order valence-electron chi connectivity index (χ3n) is 5.33. The Morgan fingerprint density at radius 3 is 2.53 bits per heavy atom.